The van der Waals surface area contributed by atoms with Crippen LogP contribution in [0.5, 0.6) is 0 Å². The molecule has 4 nitrogen and oxygen atoms in total. The summed E-state index contributed by atoms with van der Waals surface area (Å²) in [5, 5.41) is 12.9. The van der Waals surface area contributed by atoms with Crippen molar-refractivity contribution in [1.82, 2.24) is 5.32 Å². The van der Waals surface area contributed by atoms with Gasteiger partial charge in [0.15, 0.2) is 0 Å². The van der Waals surface area contributed by atoms with Crippen LogP contribution in [0, 0.1) is 0 Å². The topological polar surface area (TPSA) is 54.6 Å². The highest BCUT2D eigenvalue weighted by Gasteiger charge is 2.09. The molecule has 0 aliphatic carbocycles. The van der Waals surface area contributed by atoms with Gasteiger partial charge in [-0.25, -0.2) is 0 Å². The Bertz CT molecular complexity index is 285. The van der Waals surface area contributed by atoms with Crippen LogP contribution in [-0.2, 0) is 11.2 Å². The first kappa shape index (κ1) is 14.2. The number of furan rings is 1. The minimum atomic E-state index is -0.462. The molecule has 1 heterocycles. The second kappa shape index (κ2) is 7.48. The van der Waals surface area contributed by atoms with Crippen molar-refractivity contribution in [3.63, 3.8) is 0 Å². The van der Waals surface area contributed by atoms with Crippen LogP contribution >= 0.6 is 0 Å². The van der Waals surface area contributed by atoms with Gasteiger partial charge in [-0.05, 0) is 32.9 Å². The van der Waals surface area contributed by atoms with Gasteiger partial charge in [0.05, 0.1) is 25.1 Å². The molecule has 0 amide bonds. The van der Waals surface area contributed by atoms with Crippen molar-refractivity contribution in [3.05, 3.63) is 24.2 Å². The van der Waals surface area contributed by atoms with Gasteiger partial charge in [-0.15, -0.1) is 0 Å². The molecule has 1 rings (SSSR count). The van der Waals surface area contributed by atoms with Gasteiger partial charge in [0.1, 0.15) is 5.76 Å². The monoisotopic (exact) mass is 241 g/mol. The van der Waals surface area contributed by atoms with E-state index in [0.29, 0.717) is 13.2 Å². The third-order valence-electron chi connectivity index (χ3n) is 2.41. The van der Waals surface area contributed by atoms with Gasteiger partial charge in [-0.3, -0.25) is 0 Å². The Morgan fingerprint density at radius 1 is 1.41 bits per heavy atom. The number of aliphatic hydroxyl groups is 1. The Balaban J connectivity index is 2.12. The Morgan fingerprint density at radius 2 is 2.18 bits per heavy atom. The molecule has 0 aliphatic heterocycles. The molecule has 2 atom stereocenters. The summed E-state index contributed by atoms with van der Waals surface area (Å²) in [6.45, 7) is 6.89. The van der Waals surface area contributed by atoms with Gasteiger partial charge in [0.25, 0.3) is 0 Å². The fourth-order valence-electron chi connectivity index (χ4n) is 1.50. The van der Waals surface area contributed by atoms with E-state index in [1.165, 1.54) is 0 Å². The highest BCUT2D eigenvalue weighted by molar-refractivity contribution is 4.99. The van der Waals surface area contributed by atoms with Crippen LogP contribution in [0.1, 0.15) is 26.5 Å². The van der Waals surface area contributed by atoms with Gasteiger partial charge in [-0.1, -0.05) is 0 Å². The average molecular weight is 241 g/mol. The van der Waals surface area contributed by atoms with Crippen molar-refractivity contribution in [2.45, 2.75) is 45.4 Å². The van der Waals surface area contributed by atoms with E-state index < -0.39 is 6.10 Å². The molecule has 2 unspecified atom stereocenters. The predicted octanol–water partition coefficient (Wildman–Crippen LogP) is 1.59. The van der Waals surface area contributed by atoms with Crippen molar-refractivity contribution in [2.75, 3.05) is 13.2 Å². The molecule has 0 saturated carbocycles. The number of aliphatic hydroxyl groups excluding tert-OH is 1. The van der Waals surface area contributed by atoms with E-state index >= 15 is 0 Å². The maximum Gasteiger partial charge on any atom is 0.105 e. The molecule has 98 valence electrons. The van der Waals surface area contributed by atoms with Crippen LogP contribution in [0.25, 0.3) is 0 Å². The van der Waals surface area contributed by atoms with E-state index in [1.54, 1.807) is 6.26 Å². The summed E-state index contributed by atoms with van der Waals surface area (Å²) < 4.78 is 10.6. The molecule has 0 aromatic carbocycles. The summed E-state index contributed by atoms with van der Waals surface area (Å²) in [6.07, 6.45) is 2.19. The SMILES string of the molecule is CC(Cc1ccco1)NCC(O)COC(C)C. The van der Waals surface area contributed by atoms with E-state index in [0.717, 1.165) is 12.2 Å². The summed E-state index contributed by atoms with van der Waals surface area (Å²) in [5.41, 5.74) is 0. The summed E-state index contributed by atoms with van der Waals surface area (Å²) in [7, 11) is 0. The molecule has 0 radical (unpaired) electrons. The zero-order valence-corrected chi connectivity index (χ0v) is 10.8. The summed E-state index contributed by atoms with van der Waals surface area (Å²) in [4.78, 5) is 0. The molecule has 0 aliphatic rings. The number of ether oxygens (including phenoxy) is 1. The zero-order chi connectivity index (χ0) is 12.7. The normalized spacial score (nSPS) is 15.1. The summed E-state index contributed by atoms with van der Waals surface area (Å²) >= 11 is 0. The van der Waals surface area contributed by atoms with Crippen molar-refractivity contribution in [3.8, 4) is 0 Å². The Kier molecular flexibility index (Phi) is 6.26. The van der Waals surface area contributed by atoms with E-state index in [-0.39, 0.29) is 12.1 Å². The fourth-order valence-corrected chi connectivity index (χ4v) is 1.50. The van der Waals surface area contributed by atoms with Crippen molar-refractivity contribution in [1.29, 1.82) is 0 Å². The molecule has 17 heavy (non-hydrogen) atoms. The van der Waals surface area contributed by atoms with Crippen LogP contribution in [0.4, 0.5) is 0 Å². The molecule has 1 aromatic heterocycles. The second-order valence-electron chi connectivity index (χ2n) is 4.63. The molecular weight excluding hydrogens is 218 g/mol. The van der Waals surface area contributed by atoms with E-state index in [1.807, 2.05) is 26.0 Å². The lowest BCUT2D eigenvalue weighted by molar-refractivity contribution is 0.00559. The fraction of sp³-hybridized carbons (Fsp3) is 0.692. The zero-order valence-electron chi connectivity index (χ0n) is 10.8. The van der Waals surface area contributed by atoms with Gasteiger partial charge >= 0.3 is 0 Å². The van der Waals surface area contributed by atoms with Crippen molar-refractivity contribution >= 4 is 0 Å². The van der Waals surface area contributed by atoms with Crippen LogP contribution in [0.15, 0.2) is 22.8 Å². The highest BCUT2D eigenvalue weighted by Crippen LogP contribution is 2.03. The molecule has 0 fully saturated rings. The highest BCUT2D eigenvalue weighted by atomic mass is 16.5. The lowest BCUT2D eigenvalue weighted by atomic mass is 10.2. The first-order valence-electron chi connectivity index (χ1n) is 6.13. The standard InChI is InChI=1S/C13H23NO3/c1-10(2)17-9-12(15)8-14-11(3)7-13-5-4-6-16-13/h4-6,10-12,14-15H,7-9H2,1-3H3. The second-order valence-corrected chi connectivity index (χ2v) is 4.63. The minimum absolute atomic E-state index is 0.158. The first-order valence-corrected chi connectivity index (χ1v) is 6.13. The number of hydrogen-bond acceptors (Lipinski definition) is 4. The summed E-state index contributed by atoms with van der Waals surface area (Å²) in [5.74, 6) is 0.956. The van der Waals surface area contributed by atoms with Gasteiger partial charge in [-0.2, -0.15) is 0 Å². The third kappa shape index (κ3) is 6.46. The molecule has 0 saturated heterocycles. The maximum atomic E-state index is 9.66. The first-order chi connectivity index (χ1) is 8.08. The number of hydrogen-bond donors (Lipinski definition) is 2. The van der Waals surface area contributed by atoms with Gasteiger partial charge in [0.2, 0.25) is 0 Å². The van der Waals surface area contributed by atoms with Crippen LogP contribution < -0.4 is 5.32 Å². The Hall–Kier alpha value is -0.840. The average Bonchev–Trinajstić information content (AvgIpc) is 2.76. The van der Waals surface area contributed by atoms with Gasteiger partial charge in [0, 0.05) is 19.0 Å². The number of rotatable bonds is 8. The number of nitrogens with one attached hydrogen (secondary N) is 1. The smallest absolute Gasteiger partial charge is 0.105 e. The van der Waals surface area contributed by atoms with Crippen molar-refractivity contribution in [2.24, 2.45) is 0 Å². The third-order valence-corrected chi connectivity index (χ3v) is 2.41. The van der Waals surface area contributed by atoms with Crippen molar-refractivity contribution < 1.29 is 14.3 Å². The summed E-state index contributed by atoms with van der Waals surface area (Å²) in [6, 6.07) is 4.11. The molecule has 1 aromatic rings. The molecule has 2 N–H and O–H groups in total. The largest absolute Gasteiger partial charge is 0.469 e. The quantitative estimate of drug-likeness (QED) is 0.725. The molecule has 4 heteroatoms. The molecular formula is C13H23NO3. The maximum absolute atomic E-state index is 9.66. The lowest BCUT2D eigenvalue weighted by Gasteiger charge is -2.17. The minimum Gasteiger partial charge on any atom is -0.469 e. The van der Waals surface area contributed by atoms with E-state index in [2.05, 4.69) is 12.2 Å². The van der Waals surface area contributed by atoms with Gasteiger partial charge < -0.3 is 19.6 Å². The Labute approximate surface area is 103 Å². The van der Waals surface area contributed by atoms with Crippen LogP contribution in [0.2, 0.25) is 0 Å². The van der Waals surface area contributed by atoms with Crippen LogP contribution in [0.3, 0.4) is 0 Å². The molecule has 0 spiro atoms. The van der Waals surface area contributed by atoms with E-state index in [9.17, 15) is 5.11 Å². The van der Waals surface area contributed by atoms with E-state index in [4.69, 9.17) is 9.15 Å². The molecule has 0 bridgehead atoms. The predicted molar refractivity (Wildman–Crippen MR) is 67.0 cm³/mol. The van der Waals surface area contributed by atoms with Crippen LogP contribution in [-0.4, -0.2) is 36.5 Å². The Morgan fingerprint density at radius 3 is 2.76 bits per heavy atom. The lowest BCUT2D eigenvalue weighted by Crippen LogP contribution is -2.37.